The Balaban J connectivity index is 2.05. The van der Waals surface area contributed by atoms with E-state index in [9.17, 15) is 0 Å². The van der Waals surface area contributed by atoms with Gasteiger partial charge in [-0.15, -0.1) is 0 Å². The normalized spacial score (nSPS) is 29.9. The van der Waals surface area contributed by atoms with Gasteiger partial charge in [-0.05, 0) is 62.9 Å². The first-order valence-corrected chi connectivity index (χ1v) is 9.06. The molecule has 2 atom stereocenters. The Morgan fingerprint density at radius 3 is 2.45 bits per heavy atom. The molecule has 0 saturated heterocycles. The Kier molecular flexibility index (Phi) is 5.92. The summed E-state index contributed by atoms with van der Waals surface area (Å²) in [6.45, 7) is 13.4. The second-order valence-corrected chi connectivity index (χ2v) is 7.82. The molecule has 118 valence electrons. The van der Waals surface area contributed by atoms with Crippen molar-refractivity contribution in [3.05, 3.63) is 0 Å². The van der Waals surface area contributed by atoms with E-state index in [0.717, 1.165) is 12.0 Å². The molecule has 0 aromatic rings. The fourth-order valence-electron chi connectivity index (χ4n) is 4.03. The van der Waals surface area contributed by atoms with E-state index in [4.69, 9.17) is 0 Å². The summed E-state index contributed by atoms with van der Waals surface area (Å²) < 4.78 is 0. The fraction of sp³-hybridized carbons (Fsp3) is 1.00. The molecule has 2 nitrogen and oxygen atoms in total. The van der Waals surface area contributed by atoms with E-state index in [-0.39, 0.29) is 0 Å². The van der Waals surface area contributed by atoms with Crippen LogP contribution in [0.2, 0.25) is 0 Å². The third kappa shape index (κ3) is 4.21. The van der Waals surface area contributed by atoms with Crippen LogP contribution in [0.3, 0.4) is 0 Å². The molecule has 2 saturated carbocycles. The Morgan fingerprint density at radius 2 is 1.85 bits per heavy atom. The van der Waals surface area contributed by atoms with Gasteiger partial charge in [0.25, 0.3) is 0 Å². The fourth-order valence-corrected chi connectivity index (χ4v) is 4.03. The van der Waals surface area contributed by atoms with E-state index in [0.29, 0.717) is 11.5 Å². The zero-order chi connectivity index (χ0) is 14.6. The Labute approximate surface area is 126 Å². The molecule has 0 radical (unpaired) electrons. The molecular formula is C18H36N2. The Bertz CT molecular complexity index is 283. The van der Waals surface area contributed by atoms with E-state index in [1.807, 2.05) is 0 Å². The number of nitrogens with one attached hydrogen (secondary N) is 1. The number of hydrogen-bond acceptors (Lipinski definition) is 2. The van der Waals surface area contributed by atoms with Crippen molar-refractivity contribution in [1.29, 1.82) is 0 Å². The SMILES string of the molecule is CCCNC1C(N(CCC)CC2CC2)CCCC1(C)C. The van der Waals surface area contributed by atoms with Gasteiger partial charge in [-0.25, -0.2) is 0 Å². The van der Waals surface area contributed by atoms with Crippen molar-refractivity contribution < 1.29 is 0 Å². The molecule has 2 unspecified atom stereocenters. The summed E-state index contributed by atoms with van der Waals surface area (Å²) in [5, 5.41) is 3.90. The standard InChI is InChI=1S/C18H36N2/c1-5-12-19-17-16(8-7-11-18(17,3)4)20(13-6-2)14-15-9-10-15/h15-17,19H,5-14H2,1-4H3. The van der Waals surface area contributed by atoms with Gasteiger partial charge in [0.05, 0.1) is 0 Å². The highest BCUT2D eigenvalue weighted by atomic mass is 15.2. The van der Waals surface area contributed by atoms with Gasteiger partial charge in [-0.1, -0.05) is 34.1 Å². The lowest BCUT2D eigenvalue weighted by atomic mass is 9.70. The van der Waals surface area contributed by atoms with Gasteiger partial charge in [0, 0.05) is 18.6 Å². The van der Waals surface area contributed by atoms with E-state index in [2.05, 4.69) is 37.9 Å². The summed E-state index contributed by atoms with van der Waals surface area (Å²) in [5.74, 6) is 1.01. The molecule has 0 aliphatic heterocycles. The summed E-state index contributed by atoms with van der Waals surface area (Å²) in [7, 11) is 0. The predicted molar refractivity (Wildman–Crippen MR) is 88.1 cm³/mol. The van der Waals surface area contributed by atoms with Crippen molar-refractivity contribution in [3.8, 4) is 0 Å². The zero-order valence-corrected chi connectivity index (χ0v) is 14.3. The molecule has 2 fully saturated rings. The average Bonchev–Trinajstić information content (AvgIpc) is 3.20. The van der Waals surface area contributed by atoms with Crippen LogP contribution in [0, 0.1) is 11.3 Å². The molecule has 20 heavy (non-hydrogen) atoms. The van der Waals surface area contributed by atoms with Crippen LogP contribution in [0.1, 0.15) is 72.6 Å². The van der Waals surface area contributed by atoms with Crippen LogP contribution in [-0.2, 0) is 0 Å². The molecule has 2 aliphatic rings. The summed E-state index contributed by atoms with van der Waals surface area (Å²) in [6, 6.07) is 1.45. The van der Waals surface area contributed by atoms with Gasteiger partial charge in [0.1, 0.15) is 0 Å². The lowest BCUT2D eigenvalue weighted by Crippen LogP contribution is -2.59. The van der Waals surface area contributed by atoms with Crippen molar-refractivity contribution in [3.63, 3.8) is 0 Å². The first kappa shape index (κ1) is 16.3. The highest BCUT2D eigenvalue weighted by molar-refractivity contribution is 4.99. The summed E-state index contributed by atoms with van der Waals surface area (Å²) in [5.41, 5.74) is 0.452. The van der Waals surface area contributed by atoms with Crippen molar-refractivity contribution in [2.24, 2.45) is 11.3 Å². The van der Waals surface area contributed by atoms with Gasteiger partial charge >= 0.3 is 0 Å². The van der Waals surface area contributed by atoms with Crippen molar-refractivity contribution in [2.75, 3.05) is 19.6 Å². The van der Waals surface area contributed by atoms with Gasteiger partial charge in [-0.3, -0.25) is 4.90 Å². The lowest BCUT2D eigenvalue weighted by Gasteiger charge is -2.49. The smallest absolute Gasteiger partial charge is 0.0274 e. The summed E-state index contributed by atoms with van der Waals surface area (Å²) in [4.78, 5) is 2.84. The Hall–Kier alpha value is -0.0800. The third-order valence-corrected chi connectivity index (χ3v) is 5.33. The first-order valence-electron chi connectivity index (χ1n) is 9.06. The zero-order valence-electron chi connectivity index (χ0n) is 14.3. The second-order valence-electron chi connectivity index (χ2n) is 7.82. The molecular weight excluding hydrogens is 244 g/mol. The average molecular weight is 280 g/mol. The minimum atomic E-state index is 0.452. The number of hydrogen-bond donors (Lipinski definition) is 1. The molecule has 0 aromatic carbocycles. The molecule has 0 heterocycles. The molecule has 2 heteroatoms. The van der Waals surface area contributed by atoms with Crippen LogP contribution in [0.15, 0.2) is 0 Å². The largest absolute Gasteiger partial charge is 0.312 e. The monoisotopic (exact) mass is 280 g/mol. The lowest BCUT2D eigenvalue weighted by molar-refractivity contribution is 0.0454. The van der Waals surface area contributed by atoms with Gasteiger partial charge in [0.2, 0.25) is 0 Å². The minimum absolute atomic E-state index is 0.452. The van der Waals surface area contributed by atoms with E-state index < -0.39 is 0 Å². The quantitative estimate of drug-likeness (QED) is 0.721. The highest BCUT2D eigenvalue weighted by Gasteiger charge is 2.41. The van der Waals surface area contributed by atoms with E-state index in [1.54, 1.807) is 0 Å². The van der Waals surface area contributed by atoms with Crippen LogP contribution < -0.4 is 5.32 Å². The number of nitrogens with zero attached hydrogens (tertiary/aromatic N) is 1. The van der Waals surface area contributed by atoms with Gasteiger partial charge in [-0.2, -0.15) is 0 Å². The van der Waals surface area contributed by atoms with Crippen molar-refractivity contribution in [1.82, 2.24) is 10.2 Å². The van der Waals surface area contributed by atoms with Crippen LogP contribution >= 0.6 is 0 Å². The minimum Gasteiger partial charge on any atom is -0.312 e. The molecule has 0 aromatic heterocycles. The predicted octanol–water partition coefficient (Wildman–Crippen LogP) is 4.06. The molecule has 0 spiro atoms. The summed E-state index contributed by atoms with van der Waals surface area (Å²) in [6.07, 6.45) is 9.69. The van der Waals surface area contributed by atoms with Crippen molar-refractivity contribution in [2.45, 2.75) is 84.7 Å². The maximum Gasteiger partial charge on any atom is 0.0274 e. The molecule has 2 aliphatic carbocycles. The molecule has 2 rings (SSSR count). The maximum atomic E-state index is 3.90. The summed E-state index contributed by atoms with van der Waals surface area (Å²) >= 11 is 0. The van der Waals surface area contributed by atoms with E-state index in [1.165, 1.54) is 64.6 Å². The van der Waals surface area contributed by atoms with E-state index >= 15 is 0 Å². The van der Waals surface area contributed by atoms with Crippen molar-refractivity contribution >= 4 is 0 Å². The topological polar surface area (TPSA) is 15.3 Å². The third-order valence-electron chi connectivity index (χ3n) is 5.33. The maximum absolute atomic E-state index is 3.90. The van der Waals surface area contributed by atoms with Crippen LogP contribution in [-0.4, -0.2) is 36.6 Å². The second kappa shape index (κ2) is 7.26. The first-order chi connectivity index (χ1) is 9.58. The molecule has 0 amide bonds. The highest BCUT2D eigenvalue weighted by Crippen LogP contribution is 2.39. The Morgan fingerprint density at radius 1 is 1.10 bits per heavy atom. The molecule has 1 N–H and O–H groups in total. The van der Waals surface area contributed by atoms with Crippen LogP contribution in [0.25, 0.3) is 0 Å². The van der Waals surface area contributed by atoms with Gasteiger partial charge < -0.3 is 5.32 Å². The number of rotatable bonds is 8. The van der Waals surface area contributed by atoms with Crippen LogP contribution in [0.5, 0.6) is 0 Å². The van der Waals surface area contributed by atoms with Crippen LogP contribution in [0.4, 0.5) is 0 Å². The molecule has 0 bridgehead atoms. The van der Waals surface area contributed by atoms with Gasteiger partial charge in [0.15, 0.2) is 0 Å².